The molecule has 9 heteroatoms. The van der Waals surface area contributed by atoms with Gasteiger partial charge in [0.05, 0.1) is 11.3 Å². The van der Waals surface area contributed by atoms with Crippen molar-refractivity contribution in [2.75, 3.05) is 10.6 Å². The molecule has 1 aliphatic carbocycles. The van der Waals surface area contributed by atoms with Crippen LogP contribution in [0.15, 0.2) is 42.5 Å². The molecule has 2 amide bonds. The van der Waals surface area contributed by atoms with E-state index in [0.717, 1.165) is 25.0 Å². The van der Waals surface area contributed by atoms with Crippen LogP contribution in [0.5, 0.6) is 5.75 Å². The fourth-order valence-electron chi connectivity index (χ4n) is 2.56. The summed E-state index contributed by atoms with van der Waals surface area (Å²) >= 11 is 5.78. The third kappa shape index (κ3) is 5.63. The first-order valence-corrected chi connectivity index (χ1v) is 9.26. The van der Waals surface area contributed by atoms with Gasteiger partial charge in [-0.25, -0.2) is 0 Å². The van der Waals surface area contributed by atoms with E-state index < -0.39 is 29.4 Å². The van der Waals surface area contributed by atoms with Crippen LogP contribution in [0.1, 0.15) is 25.3 Å². The molecule has 0 bridgehead atoms. The van der Waals surface area contributed by atoms with Gasteiger partial charge in [0.1, 0.15) is 5.75 Å². The molecule has 1 fully saturated rings. The first-order valence-electron chi connectivity index (χ1n) is 8.88. The van der Waals surface area contributed by atoms with E-state index in [1.54, 1.807) is 24.3 Å². The number of carbonyl (C=O) groups excluding carboxylic acids is 2. The molecule has 0 radical (unpaired) electrons. The molecule has 2 aromatic rings. The zero-order valence-corrected chi connectivity index (χ0v) is 16.1. The summed E-state index contributed by atoms with van der Waals surface area (Å²) in [6.45, 7) is 1.42. The Morgan fingerprint density at radius 2 is 1.76 bits per heavy atom. The first kappa shape index (κ1) is 21.0. The molecule has 0 saturated heterocycles. The molecule has 0 heterocycles. The van der Waals surface area contributed by atoms with Gasteiger partial charge in [-0.2, -0.15) is 13.2 Å². The third-order valence-corrected chi connectivity index (χ3v) is 4.55. The number of nitrogens with one attached hydrogen (secondary N) is 2. The van der Waals surface area contributed by atoms with Crippen LogP contribution in [-0.2, 0) is 15.8 Å². The molecule has 1 unspecified atom stereocenters. The van der Waals surface area contributed by atoms with Crippen molar-refractivity contribution in [1.29, 1.82) is 0 Å². The molecule has 0 spiro atoms. The van der Waals surface area contributed by atoms with Gasteiger partial charge in [0.15, 0.2) is 6.10 Å². The maximum absolute atomic E-state index is 13.5. The molecule has 1 atom stereocenters. The highest BCUT2D eigenvalue weighted by Gasteiger charge is 2.35. The Morgan fingerprint density at radius 3 is 2.34 bits per heavy atom. The van der Waals surface area contributed by atoms with Crippen molar-refractivity contribution in [2.24, 2.45) is 5.92 Å². The summed E-state index contributed by atoms with van der Waals surface area (Å²) in [6, 6.07) is 9.46. The third-order valence-electron chi connectivity index (χ3n) is 4.29. The minimum absolute atomic E-state index is 0.0256. The minimum Gasteiger partial charge on any atom is -0.481 e. The Kier molecular flexibility index (Phi) is 6.02. The average molecular weight is 427 g/mol. The van der Waals surface area contributed by atoms with E-state index in [2.05, 4.69) is 10.6 Å². The molecule has 0 aromatic heterocycles. The molecule has 3 rings (SSSR count). The van der Waals surface area contributed by atoms with E-state index >= 15 is 0 Å². The van der Waals surface area contributed by atoms with Gasteiger partial charge in [-0.3, -0.25) is 9.59 Å². The highest BCUT2D eigenvalue weighted by Crippen LogP contribution is 2.37. The molecule has 0 aliphatic heterocycles. The summed E-state index contributed by atoms with van der Waals surface area (Å²) in [4.78, 5) is 24.1. The lowest BCUT2D eigenvalue weighted by atomic mass is 10.1. The van der Waals surface area contributed by atoms with Crippen LogP contribution in [0.4, 0.5) is 24.5 Å². The van der Waals surface area contributed by atoms with Crippen LogP contribution in [0.2, 0.25) is 5.02 Å². The van der Waals surface area contributed by atoms with E-state index in [0.29, 0.717) is 10.8 Å². The van der Waals surface area contributed by atoms with Gasteiger partial charge in [0, 0.05) is 16.6 Å². The lowest BCUT2D eigenvalue weighted by molar-refractivity contribution is -0.137. The van der Waals surface area contributed by atoms with Gasteiger partial charge in [0.25, 0.3) is 5.91 Å². The van der Waals surface area contributed by atoms with E-state index in [-0.39, 0.29) is 17.5 Å². The van der Waals surface area contributed by atoms with Crippen LogP contribution in [0.25, 0.3) is 0 Å². The van der Waals surface area contributed by atoms with Crippen molar-refractivity contribution in [2.45, 2.75) is 32.0 Å². The van der Waals surface area contributed by atoms with Gasteiger partial charge in [-0.1, -0.05) is 11.6 Å². The van der Waals surface area contributed by atoms with Crippen molar-refractivity contribution in [1.82, 2.24) is 0 Å². The number of halogens is 4. The van der Waals surface area contributed by atoms with Crippen molar-refractivity contribution in [3.05, 3.63) is 53.1 Å². The summed E-state index contributed by atoms with van der Waals surface area (Å²) in [5.41, 5.74) is -1.45. The number of carbonyl (C=O) groups is 2. The molecule has 2 aromatic carbocycles. The summed E-state index contributed by atoms with van der Waals surface area (Å²) in [6.07, 6.45) is -4.30. The van der Waals surface area contributed by atoms with Gasteiger partial charge >= 0.3 is 6.18 Å². The van der Waals surface area contributed by atoms with Crippen LogP contribution in [0, 0.1) is 5.92 Å². The van der Waals surface area contributed by atoms with Crippen molar-refractivity contribution < 1.29 is 27.5 Å². The number of alkyl halides is 3. The fourth-order valence-corrected chi connectivity index (χ4v) is 2.69. The zero-order chi connectivity index (χ0) is 21.2. The van der Waals surface area contributed by atoms with Gasteiger partial charge < -0.3 is 15.4 Å². The average Bonchev–Trinajstić information content (AvgIpc) is 3.49. The summed E-state index contributed by atoms with van der Waals surface area (Å²) < 4.78 is 45.8. The van der Waals surface area contributed by atoms with Gasteiger partial charge in [-0.15, -0.1) is 0 Å². The van der Waals surface area contributed by atoms with E-state index in [9.17, 15) is 22.8 Å². The molecule has 5 nitrogen and oxygen atoms in total. The quantitative estimate of drug-likeness (QED) is 0.674. The summed E-state index contributed by atoms with van der Waals surface area (Å²) in [5.74, 6) is -0.846. The van der Waals surface area contributed by atoms with E-state index in [4.69, 9.17) is 16.3 Å². The highest BCUT2D eigenvalue weighted by molar-refractivity contribution is 6.30. The molecular formula is C20H18ClF3N2O3. The second-order valence-corrected chi connectivity index (χ2v) is 7.16. The fraction of sp³-hybridized carbons (Fsp3) is 0.300. The number of rotatable bonds is 6. The molecule has 1 aliphatic rings. The van der Waals surface area contributed by atoms with Crippen molar-refractivity contribution >= 4 is 34.8 Å². The predicted octanol–water partition coefficient (Wildman–Crippen LogP) is 5.11. The maximum Gasteiger partial charge on any atom is 0.418 e. The second kappa shape index (κ2) is 8.32. The smallest absolute Gasteiger partial charge is 0.418 e. The molecule has 2 N–H and O–H groups in total. The maximum atomic E-state index is 13.5. The largest absolute Gasteiger partial charge is 0.481 e. The number of amides is 2. The molecule has 1 saturated carbocycles. The van der Waals surface area contributed by atoms with Crippen molar-refractivity contribution in [3.8, 4) is 5.75 Å². The normalized spacial score (nSPS) is 14.8. The SMILES string of the molecule is CC(Oc1ccc(Cl)cc1)C(=O)Nc1ccc(NC(=O)C2CC2)cc1C(F)(F)F. The van der Waals surface area contributed by atoms with Crippen LogP contribution < -0.4 is 15.4 Å². The first-order chi connectivity index (χ1) is 13.6. The summed E-state index contributed by atoms with van der Waals surface area (Å²) in [7, 11) is 0. The molecular weight excluding hydrogens is 409 g/mol. The molecule has 154 valence electrons. The Bertz CT molecular complexity index is 912. The van der Waals surface area contributed by atoms with E-state index in [1.807, 2.05) is 0 Å². The molecule has 29 heavy (non-hydrogen) atoms. The standard InChI is InChI=1S/C20H18ClF3N2O3/c1-11(29-15-7-4-13(21)5-8-15)18(27)26-17-9-6-14(10-16(17)20(22,23)24)25-19(28)12-2-3-12/h4-12H,2-3H2,1H3,(H,25,28)(H,26,27). The highest BCUT2D eigenvalue weighted by atomic mass is 35.5. The number of hydrogen-bond acceptors (Lipinski definition) is 3. The second-order valence-electron chi connectivity index (χ2n) is 6.72. The van der Waals surface area contributed by atoms with Gasteiger partial charge in [-0.05, 0) is 62.2 Å². The lowest BCUT2D eigenvalue weighted by Crippen LogP contribution is -2.31. The lowest BCUT2D eigenvalue weighted by Gasteiger charge is -2.18. The topological polar surface area (TPSA) is 67.4 Å². The Balaban J connectivity index is 1.73. The zero-order valence-electron chi connectivity index (χ0n) is 15.3. The van der Waals surface area contributed by atoms with Gasteiger partial charge in [0.2, 0.25) is 5.91 Å². The predicted molar refractivity (Wildman–Crippen MR) is 103 cm³/mol. The number of benzene rings is 2. The van der Waals surface area contributed by atoms with Crippen LogP contribution in [0.3, 0.4) is 0 Å². The monoisotopic (exact) mass is 426 g/mol. The van der Waals surface area contributed by atoms with Crippen LogP contribution >= 0.6 is 11.6 Å². The minimum atomic E-state index is -4.72. The Hall–Kier alpha value is -2.74. The van der Waals surface area contributed by atoms with E-state index in [1.165, 1.54) is 13.0 Å². The number of ether oxygens (including phenoxy) is 1. The summed E-state index contributed by atoms with van der Waals surface area (Å²) in [5, 5.41) is 5.20. The van der Waals surface area contributed by atoms with Crippen LogP contribution in [-0.4, -0.2) is 17.9 Å². The van der Waals surface area contributed by atoms with Crippen molar-refractivity contribution in [3.63, 3.8) is 0 Å². The number of hydrogen-bond donors (Lipinski definition) is 2. The number of anilines is 2. The Labute approximate surface area is 170 Å². The Morgan fingerprint density at radius 1 is 1.10 bits per heavy atom.